The van der Waals surface area contributed by atoms with Gasteiger partial charge >= 0.3 is 0 Å². The van der Waals surface area contributed by atoms with E-state index in [-0.39, 0.29) is 5.92 Å². The molecule has 0 spiro atoms. The lowest BCUT2D eigenvalue weighted by molar-refractivity contribution is -0.136. The van der Waals surface area contributed by atoms with Crippen molar-refractivity contribution in [3.05, 3.63) is 24.8 Å². The molecule has 0 saturated carbocycles. The van der Waals surface area contributed by atoms with Gasteiger partial charge in [-0.25, -0.2) is 9.67 Å². The van der Waals surface area contributed by atoms with Crippen LogP contribution in [-0.4, -0.2) is 61.9 Å². The number of carbonyl (C=O) groups excluding carboxylic acids is 1. The standard InChI is InChI=1S/C17H23N7O/c25-17(22-8-2-1-3-9-22)14-5-4-10-23(11-14)15-6-7-16(21-20-15)24-13-18-12-19-24/h6-7,12-14H,1-5,8-11H2. The molecule has 1 amide bonds. The fraction of sp³-hybridized carbons (Fsp3) is 0.588. The summed E-state index contributed by atoms with van der Waals surface area (Å²) < 4.78 is 1.58. The van der Waals surface area contributed by atoms with Crippen molar-refractivity contribution in [1.29, 1.82) is 0 Å². The summed E-state index contributed by atoms with van der Waals surface area (Å²) in [4.78, 5) is 20.9. The summed E-state index contributed by atoms with van der Waals surface area (Å²) in [5.74, 6) is 1.85. The Morgan fingerprint density at radius 3 is 2.52 bits per heavy atom. The largest absolute Gasteiger partial charge is 0.354 e. The lowest BCUT2D eigenvalue weighted by atomic mass is 9.95. The molecule has 25 heavy (non-hydrogen) atoms. The number of rotatable bonds is 3. The van der Waals surface area contributed by atoms with Crippen LogP contribution in [-0.2, 0) is 4.79 Å². The quantitative estimate of drug-likeness (QED) is 0.837. The number of anilines is 1. The molecule has 2 aliphatic heterocycles. The number of hydrogen-bond acceptors (Lipinski definition) is 6. The zero-order valence-corrected chi connectivity index (χ0v) is 14.3. The van der Waals surface area contributed by atoms with Crippen LogP contribution in [0.25, 0.3) is 5.82 Å². The highest BCUT2D eigenvalue weighted by molar-refractivity contribution is 5.79. The van der Waals surface area contributed by atoms with Gasteiger partial charge in [0.1, 0.15) is 12.7 Å². The minimum atomic E-state index is 0.0728. The number of hydrogen-bond donors (Lipinski definition) is 0. The molecule has 0 radical (unpaired) electrons. The topological polar surface area (TPSA) is 80.0 Å². The molecule has 4 heterocycles. The van der Waals surface area contributed by atoms with Crippen molar-refractivity contribution in [3.8, 4) is 5.82 Å². The van der Waals surface area contributed by atoms with E-state index in [1.54, 1.807) is 11.0 Å². The molecular weight excluding hydrogens is 318 g/mol. The smallest absolute Gasteiger partial charge is 0.227 e. The van der Waals surface area contributed by atoms with E-state index in [1.165, 1.54) is 12.7 Å². The number of amides is 1. The third kappa shape index (κ3) is 3.47. The van der Waals surface area contributed by atoms with Gasteiger partial charge in [-0.1, -0.05) is 0 Å². The van der Waals surface area contributed by atoms with Crippen LogP contribution in [0.5, 0.6) is 0 Å². The van der Waals surface area contributed by atoms with Gasteiger partial charge in [0.15, 0.2) is 11.6 Å². The van der Waals surface area contributed by atoms with E-state index in [1.807, 2.05) is 12.1 Å². The summed E-state index contributed by atoms with van der Waals surface area (Å²) in [7, 11) is 0. The maximum atomic E-state index is 12.8. The molecule has 0 aromatic carbocycles. The van der Waals surface area contributed by atoms with E-state index in [2.05, 4.69) is 30.1 Å². The summed E-state index contributed by atoms with van der Waals surface area (Å²) in [5.41, 5.74) is 0. The van der Waals surface area contributed by atoms with E-state index < -0.39 is 0 Å². The molecule has 2 aromatic rings. The SMILES string of the molecule is O=C(C1CCCN(c2ccc(-n3cncn3)nn2)C1)N1CCCCC1. The molecule has 8 nitrogen and oxygen atoms in total. The second-order valence-electron chi connectivity index (χ2n) is 6.76. The highest BCUT2D eigenvalue weighted by atomic mass is 16.2. The van der Waals surface area contributed by atoms with Gasteiger partial charge in [-0.2, -0.15) is 5.10 Å². The van der Waals surface area contributed by atoms with E-state index in [4.69, 9.17) is 0 Å². The molecule has 0 aliphatic carbocycles. The van der Waals surface area contributed by atoms with E-state index in [0.717, 1.165) is 57.7 Å². The summed E-state index contributed by atoms with van der Waals surface area (Å²) in [6, 6.07) is 3.82. The van der Waals surface area contributed by atoms with Gasteiger partial charge in [0.05, 0.1) is 5.92 Å². The van der Waals surface area contributed by atoms with Crippen LogP contribution in [0.1, 0.15) is 32.1 Å². The van der Waals surface area contributed by atoms with Crippen molar-refractivity contribution < 1.29 is 4.79 Å². The minimum absolute atomic E-state index is 0.0728. The Morgan fingerprint density at radius 2 is 1.80 bits per heavy atom. The highest BCUT2D eigenvalue weighted by Crippen LogP contribution is 2.24. The molecule has 132 valence electrons. The first kappa shape index (κ1) is 16.0. The number of carbonyl (C=O) groups is 1. The predicted molar refractivity (Wildman–Crippen MR) is 92.3 cm³/mol. The number of nitrogens with zero attached hydrogens (tertiary/aromatic N) is 7. The van der Waals surface area contributed by atoms with E-state index in [0.29, 0.717) is 11.7 Å². The fourth-order valence-electron chi connectivity index (χ4n) is 3.69. The van der Waals surface area contributed by atoms with E-state index >= 15 is 0 Å². The molecule has 2 aliphatic rings. The third-order valence-corrected chi connectivity index (χ3v) is 5.05. The zero-order valence-electron chi connectivity index (χ0n) is 14.3. The molecule has 2 fully saturated rings. The number of piperidine rings is 2. The third-order valence-electron chi connectivity index (χ3n) is 5.05. The Kier molecular flexibility index (Phi) is 4.58. The Bertz CT molecular complexity index is 694. The Balaban J connectivity index is 1.43. The Hall–Kier alpha value is -2.51. The van der Waals surface area contributed by atoms with Crippen LogP contribution in [0.15, 0.2) is 24.8 Å². The lowest BCUT2D eigenvalue weighted by Gasteiger charge is -2.36. The molecule has 1 unspecified atom stereocenters. The van der Waals surface area contributed by atoms with Gasteiger partial charge in [-0.15, -0.1) is 10.2 Å². The maximum Gasteiger partial charge on any atom is 0.227 e. The molecular formula is C17H23N7O. The van der Waals surface area contributed by atoms with Gasteiger partial charge < -0.3 is 9.80 Å². The normalized spacial score (nSPS) is 21.4. The lowest BCUT2D eigenvalue weighted by Crippen LogP contribution is -2.46. The fourth-order valence-corrected chi connectivity index (χ4v) is 3.69. The summed E-state index contributed by atoms with van der Waals surface area (Å²) in [6.07, 6.45) is 8.56. The van der Waals surface area contributed by atoms with Gasteiger partial charge in [-0.3, -0.25) is 4.79 Å². The minimum Gasteiger partial charge on any atom is -0.354 e. The zero-order chi connectivity index (χ0) is 17.1. The Labute approximate surface area is 146 Å². The first-order valence-electron chi connectivity index (χ1n) is 9.04. The van der Waals surface area contributed by atoms with Gasteiger partial charge in [-0.05, 0) is 44.2 Å². The second-order valence-corrected chi connectivity index (χ2v) is 6.76. The van der Waals surface area contributed by atoms with Crippen molar-refractivity contribution in [1.82, 2.24) is 29.9 Å². The van der Waals surface area contributed by atoms with Crippen molar-refractivity contribution in [2.24, 2.45) is 5.92 Å². The number of aromatic nitrogens is 5. The van der Waals surface area contributed by atoms with E-state index in [9.17, 15) is 4.79 Å². The average Bonchev–Trinajstić information content (AvgIpc) is 3.23. The molecule has 0 bridgehead atoms. The summed E-state index contributed by atoms with van der Waals surface area (Å²) >= 11 is 0. The maximum absolute atomic E-state index is 12.8. The van der Waals surface area contributed by atoms with Crippen LogP contribution in [0.2, 0.25) is 0 Å². The molecule has 1 atom stereocenters. The van der Waals surface area contributed by atoms with Gasteiger partial charge in [0, 0.05) is 26.2 Å². The molecule has 2 aromatic heterocycles. The van der Waals surface area contributed by atoms with Crippen molar-refractivity contribution in [2.45, 2.75) is 32.1 Å². The highest BCUT2D eigenvalue weighted by Gasteiger charge is 2.30. The van der Waals surface area contributed by atoms with Crippen molar-refractivity contribution >= 4 is 11.7 Å². The van der Waals surface area contributed by atoms with Crippen molar-refractivity contribution in [3.63, 3.8) is 0 Å². The summed E-state index contributed by atoms with van der Waals surface area (Å²) in [5, 5.41) is 12.6. The van der Waals surface area contributed by atoms with Crippen LogP contribution < -0.4 is 4.90 Å². The Morgan fingerprint density at radius 1 is 1.00 bits per heavy atom. The van der Waals surface area contributed by atoms with Gasteiger partial charge in [0.25, 0.3) is 0 Å². The second kappa shape index (κ2) is 7.16. The predicted octanol–water partition coefficient (Wildman–Crippen LogP) is 1.29. The van der Waals surface area contributed by atoms with Crippen LogP contribution in [0.3, 0.4) is 0 Å². The summed E-state index contributed by atoms with van der Waals surface area (Å²) in [6.45, 7) is 3.48. The van der Waals surface area contributed by atoms with Gasteiger partial charge in [0.2, 0.25) is 5.91 Å². The average molecular weight is 341 g/mol. The van der Waals surface area contributed by atoms with Crippen LogP contribution >= 0.6 is 0 Å². The molecule has 2 saturated heterocycles. The first-order chi connectivity index (χ1) is 12.3. The first-order valence-corrected chi connectivity index (χ1v) is 9.04. The molecule has 4 rings (SSSR count). The monoisotopic (exact) mass is 341 g/mol. The molecule has 0 N–H and O–H groups in total. The molecule has 8 heteroatoms. The van der Waals surface area contributed by atoms with Crippen LogP contribution in [0.4, 0.5) is 5.82 Å². The van der Waals surface area contributed by atoms with Crippen LogP contribution in [0, 0.1) is 5.92 Å². The van der Waals surface area contributed by atoms with Crippen molar-refractivity contribution in [2.75, 3.05) is 31.1 Å². The number of likely N-dealkylation sites (tertiary alicyclic amines) is 1.